The van der Waals surface area contributed by atoms with Crippen LogP contribution in [0.15, 0.2) is 48.6 Å². The first-order valence-corrected chi connectivity index (χ1v) is 17.4. The second-order valence-corrected chi connectivity index (χ2v) is 13.2. The summed E-state index contributed by atoms with van der Waals surface area (Å²) >= 11 is 0. The topological polar surface area (TPSA) is 757 Å². The van der Waals surface area contributed by atoms with E-state index >= 15 is 0 Å². The van der Waals surface area contributed by atoms with E-state index < -0.39 is 187 Å². The average Bonchev–Trinajstić information content (AvgIpc) is 3.22. The zero-order chi connectivity index (χ0) is 62.2. The van der Waals surface area contributed by atoms with Gasteiger partial charge in [-0.25, -0.2) is 0 Å². The van der Waals surface area contributed by atoms with E-state index in [2.05, 4.69) is 26.3 Å². The van der Waals surface area contributed by atoms with Gasteiger partial charge in [0.15, 0.2) is 23.7 Å². The summed E-state index contributed by atoms with van der Waals surface area (Å²) in [6.07, 6.45) is 0. The molecule has 0 aromatic carbocycles. The van der Waals surface area contributed by atoms with Crippen LogP contribution in [0.1, 0.15) is 0 Å². The Morgan fingerprint density at radius 2 is 0.312 bits per heavy atom. The van der Waals surface area contributed by atoms with E-state index in [0.717, 1.165) is 0 Å². The quantitative estimate of drug-likeness (QED) is 0.0255. The standard InChI is InChI=1S/4C9H8O10.Zr/c4*1-2(4(10)11)9(7(16)17,8(18)19)3(5(12)13)6(14)15;/h4*3H,1H2,(H,10,11)(H,12,13)(H,14,15)(H,16,17)(H,18,19);/q;;;;+4/p-4. The van der Waals surface area contributed by atoms with E-state index in [1.54, 1.807) is 0 Å². The summed E-state index contributed by atoms with van der Waals surface area (Å²) in [5.74, 6) is -60.7. The minimum absolute atomic E-state index is 0. The van der Waals surface area contributed by atoms with Gasteiger partial charge < -0.3 is 121 Å². The van der Waals surface area contributed by atoms with Crippen LogP contribution >= 0.6 is 0 Å². The first-order chi connectivity index (χ1) is 34.0. The number of carbonyl (C=O) groups is 20. The summed E-state index contributed by atoms with van der Waals surface area (Å²) < 4.78 is 0. The van der Waals surface area contributed by atoms with E-state index in [1.807, 2.05) is 0 Å². The van der Waals surface area contributed by atoms with Crippen LogP contribution in [0.25, 0.3) is 0 Å². The van der Waals surface area contributed by atoms with Crippen LogP contribution in [-0.4, -0.2) is 201 Å². The van der Waals surface area contributed by atoms with Crippen molar-refractivity contribution in [3.05, 3.63) is 48.6 Å². The van der Waals surface area contributed by atoms with E-state index in [0.29, 0.717) is 0 Å². The molecule has 0 aliphatic rings. The average molecular weight is 1190 g/mol. The van der Waals surface area contributed by atoms with Gasteiger partial charge in [-0.15, -0.1) is 0 Å². The van der Waals surface area contributed by atoms with Crippen molar-refractivity contribution < 1.29 is 224 Å². The molecule has 0 saturated heterocycles. The third-order valence-corrected chi connectivity index (χ3v) is 9.30. The minimum atomic E-state index is -3.78. The number of hydrogen-bond donors (Lipinski definition) is 16. The number of aliphatic carboxylic acids is 20. The van der Waals surface area contributed by atoms with Crippen molar-refractivity contribution in [2.24, 2.45) is 45.3 Å². The summed E-state index contributed by atoms with van der Waals surface area (Å²) in [6, 6.07) is 0. The molecule has 0 rings (SSSR count). The molecule has 0 spiro atoms. The number of hydrogen-bond acceptors (Lipinski definition) is 24. The molecule has 0 aromatic rings. The Labute approximate surface area is 436 Å². The Morgan fingerprint density at radius 1 is 0.234 bits per heavy atom. The van der Waals surface area contributed by atoms with Crippen LogP contribution in [0.3, 0.4) is 0 Å². The molecule has 0 unspecified atom stereocenters. The van der Waals surface area contributed by atoms with Crippen molar-refractivity contribution in [2.75, 3.05) is 0 Å². The Balaban J connectivity index is -0.000000298. The van der Waals surface area contributed by atoms with E-state index in [-0.39, 0.29) is 26.2 Å². The summed E-state index contributed by atoms with van der Waals surface area (Å²) in [5.41, 5.74) is -21.9. The zero-order valence-electron chi connectivity index (χ0n) is 36.6. The van der Waals surface area contributed by atoms with Crippen LogP contribution in [0, 0.1) is 45.3 Å². The molecule has 0 atom stereocenters. The summed E-state index contributed by atoms with van der Waals surface area (Å²) in [5, 5.41) is 182. The van der Waals surface area contributed by atoms with Crippen LogP contribution in [0.5, 0.6) is 0 Å². The van der Waals surface area contributed by atoms with Gasteiger partial charge in [-0.1, -0.05) is 26.3 Å². The predicted molar refractivity (Wildman–Crippen MR) is 202 cm³/mol. The van der Waals surface area contributed by atoms with Crippen LogP contribution in [0.4, 0.5) is 0 Å². The van der Waals surface area contributed by atoms with Gasteiger partial charge in [0.1, 0.15) is 0 Å². The van der Waals surface area contributed by atoms with Gasteiger partial charge in [-0.05, 0) is 22.3 Å². The Morgan fingerprint density at radius 3 is 0.351 bits per heavy atom. The van der Waals surface area contributed by atoms with Gasteiger partial charge in [0.05, 0.1) is 23.9 Å². The van der Waals surface area contributed by atoms with Gasteiger partial charge in [-0.2, -0.15) is 0 Å². The van der Waals surface area contributed by atoms with E-state index in [1.165, 1.54) is 0 Å². The summed E-state index contributed by atoms with van der Waals surface area (Å²) in [6.45, 7) is 10.4. The molecule has 0 aliphatic carbocycles. The summed E-state index contributed by atoms with van der Waals surface area (Å²) in [4.78, 5) is 216. The molecule has 0 heterocycles. The zero-order valence-corrected chi connectivity index (χ0v) is 39.0. The molecule has 0 aromatic heterocycles. The maximum atomic E-state index is 11.0. The molecule has 16 N–H and O–H groups in total. The van der Waals surface area contributed by atoms with Gasteiger partial charge >= 0.3 is 122 Å². The first-order valence-electron chi connectivity index (χ1n) is 17.4. The largest absolute Gasteiger partial charge is 4.00 e. The van der Waals surface area contributed by atoms with Crippen molar-refractivity contribution >= 4 is 119 Å². The number of carbonyl (C=O) groups excluding carboxylic acids is 4. The Kier molecular flexibility index (Phi) is 27.8. The van der Waals surface area contributed by atoms with Gasteiger partial charge in [-0.3, -0.25) is 76.7 Å². The van der Waals surface area contributed by atoms with Crippen LogP contribution < -0.4 is 20.4 Å². The van der Waals surface area contributed by atoms with Crippen molar-refractivity contribution in [2.45, 2.75) is 0 Å². The molecular weight excluding hydrogens is 1160 g/mol. The van der Waals surface area contributed by atoms with Crippen molar-refractivity contribution in [3.8, 4) is 0 Å². The Hall–Kier alpha value is -10.8. The molecule has 41 heteroatoms. The second-order valence-electron chi connectivity index (χ2n) is 13.2. The van der Waals surface area contributed by atoms with Crippen LogP contribution in [-0.2, 0) is 122 Å². The minimum Gasteiger partial charge on any atom is -0.545 e. The second kappa shape index (κ2) is 28.5. The SMILES string of the molecule is C=C(C(=O)[O-])C(C(=O)O)(C(=O)O)C(C(=O)O)C(=O)O.C=C(C(=O)[O-])C(C(=O)O)(C(=O)O)C(C(=O)O)C(=O)O.C=C(C(=O)[O-])C(C(=O)O)(C(=O)O)C(C(=O)O)C(=O)O.C=C(C(=O)[O-])C(C(=O)O)(C(=O)O)C(C(=O)O)C(=O)O.[Zr+4]. The van der Waals surface area contributed by atoms with E-state index in [9.17, 15) is 116 Å². The van der Waals surface area contributed by atoms with Gasteiger partial charge in [0.2, 0.25) is 21.7 Å². The molecule has 0 fully saturated rings. The number of rotatable bonds is 28. The van der Waals surface area contributed by atoms with Crippen molar-refractivity contribution in [3.63, 3.8) is 0 Å². The normalized spacial score (nSPS) is 10.6. The van der Waals surface area contributed by atoms with E-state index in [4.69, 9.17) is 81.7 Å². The molecule has 77 heavy (non-hydrogen) atoms. The molecular formula is C36H28O40Zr. The first kappa shape index (κ1) is 75.2. The molecule has 0 aliphatic heterocycles. The number of carboxylic acids is 20. The fourth-order valence-electron chi connectivity index (χ4n) is 5.63. The van der Waals surface area contributed by atoms with Crippen LogP contribution in [0.2, 0.25) is 0 Å². The molecule has 0 radical (unpaired) electrons. The fraction of sp³-hybridized carbons (Fsp3) is 0.222. The maximum Gasteiger partial charge on any atom is 4.00 e. The predicted octanol–water partition coefficient (Wildman–Crippen LogP) is -11.1. The fourth-order valence-corrected chi connectivity index (χ4v) is 5.63. The van der Waals surface area contributed by atoms with Gasteiger partial charge in [0, 0.05) is 0 Å². The smallest absolute Gasteiger partial charge is 0.545 e. The van der Waals surface area contributed by atoms with Gasteiger partial charge in [0.25, 0.3) is 0 Å². The third kappa shape index (κ3) is 14.7. The molecule has 40 nitrogen and oxygen atoms in total. The molecule has 0 saturated carbocycles. The molecule has 0 amide bonds. The monoisotopic (exact) mass is 1190 g/mol. The summed E-state index contributed by atoms with van der Waals surface area (Å²) in [7, 11) is 0. The number of carboxylic acid groups (broad SMARTS) is 20. The van der Waals surface area contributed by atoms with Crippen molar-refractivity contribution in [1.82, 2.24) is 0 Å². The Bertz CT molecular complexity index is 2200. The third-order valence-electron chi connectivity index (χ3n) is 9.30. The van der Waals surface area contributed by atoms with Crippen molar-refractivity contribution in [1.29, 1.82) is 0 Å². The molecule has 416 valence electrons. The molecule has 0 bridgehead atoms. The maximum absolute atomic E-state index is 11.0.